The van der Waals surface area contributed by atoms with Crippen LogP contribution in [0.2, 0.25) is 0 Å². The van der Waals surface area contributed by atoms with Gasteiger partial charge in [0.05, 0.1) is 13.2 Å². The van der Waals surface area contributed by atoms with Gasteiger partial charge in [-0.3, -0.25) is 4.79 Å². The van der Waals surface area contributed by atoms with Gasteiger partial charge < -0.3 is 13.9 Å². The Morgan fingerprint density at radius 1 is 1.38 bits per heavy atom. The third kappa shape index (κ3) is 3.31. The normalized spacial score (nSPS) is 18.1. The first-order chi connectivity index (χ1) is 11.5. The summed E-state index contributed by atoms with van der Waals surface area (Å²) in [6.45, 7) is 2.95. The Morgan fingerprint density at radius 2 is 2.17 bits per heavy atom. The number of nitrogens with one attached hydrogen (secondary N) is 1. The number of sulfonamides is 1. The first-order valence-corrected chi connectivity index (χ1v) is 9.29. The van der Waals surface area contributed by atoms with Crippen LogP contribution >= 0.6 is 0 Å². The molecule has 1 aliphatic rings. The maximum absolute atomic E-state index is 12.5. The van der Waals surface area contributed by atoms with Crippen LogP contribution in [0.1, 0.15) is 29.5 Å². The molecular formula is C16H19NO6S. The van der Waals surface area contributed by atoms with E-state index in [2.05, 4.69) is 4.72 Å². The number of para-hydroxylation sites is 1. The highest BCUT2D eigenvalue weighted by Gasteiger charge is 2.33. The van der Waals surface area contributed by atoms with Gasteiger partial charge in [-0.25, -0.2) is 13.1 Å². The molecule has 7 nitrogen and oxygen atoms in total. The highest BCUT2D eigenvalue weighted by Crippen LogP contribution is 2.27. The van der Waals surface area contributed by atoms with Crippen LogP contribution in [0, 0.1) is 0 Å². The molecule has 1 N–H and O–H groups in total. The Labute approximate surface area is 140 Å². The molecule has 130 valence electrons. The number of hydrogen-bond acceptors (Lipinski definition) is 6. The fourth-order valence-electron chi connectivity index (χ4n) is 2.65. The number of benzene rings is 1. The molecule has 1 atom stereocenters. The Balaban J connectivity index is 1.91. The van der Waals surface area contributed by atoms with Crippen LogP contribution < -0.4 is 4.72 Å². The summed E-state index contributed by atoms with van der Waals surface area (Å²) in [4.78, 5) is 12.5. The van der Waals surface area contributed by atoms with Gasteiger partial charge in [0, 0.05) is 24.2 Å². The topological polar surface area (TPSA) is 94.8 Å². The van der Waals surface area contributed by atoms with Crippen LogP contribution in [0.15, 0.2) is 28.7 Å². The van der Waals surface area contributed by atoms with Gasteiger partial charge in [0.2, 0.25) is 10.0 Å². The zero-order valence-corrected chi connectivity index (χ0v) is 14.1. The standard InChI is InChI=1S/C16H19NO6S/c1-2-21-10-13-12-5-3-4-6-14(12)23-15(13)16(18)17-24(19,20)11-7-8-22-9-11/h3-6,11H,2,7-10H2,1H3,(H,17,18)/t11-/m1/s1. The van der Waals surface area contributed by atoms with Gasteiger partial charge in [-0.1, -0.05) is 18.2 Å². The van der Waals surface area contributed by atoms with Gasteiger partial charge >= 0.3 is 5.91 Å². The van der Waals surface area contributed by atoms with E-state index in [4.69, 9.17) is 13.9 Å². The van der Waals surface area contributed by atoms with Crippen LogP contribution in [0.3, 0.4) is 0 Å². The molecule has 1 aromatic carbocycles. The lowest BCUT2D eigenvalue weighted by molar-refractivity contribution is 0.0942. The lowest BCUT2D eigenvalue weighted by Gasteiger charge is -2.11. The maximum atomic E-state index is 12.5. The molecule has 0 spiro atoms. The van der Waals surface area contributed by atoms with E-state index in [0.717, 1.165) is 5.39 Å². The third-order valence-corrected chi connectivity index (χ3v) is 5.64. The lowest BCUT2D eigenvalue weighted by Crippen LogP contribution is -2.38. The summed E-state index contributed by atoms with van der Waals surface area (Å²) in [7, 11) is -3.81. The molecule has 24 heavy (non-hydrogen) atoms. The Bertz CT molecular complexity index is 835. The van der Waals surface area contributed by atoms with E-state index < -0.39 is 21.2 Å². The zero-order valence-electron chi connectivity index (χ0n) is 13.3. The molecule has 3 rings (SSSR count). The summed E-state index contributed by atoms with van der Waals surface area (Å²) in [5, 5.41) is 0.0128. The molecule has 8 heteroatoms. The van der Waals surface area contributed by atoms with Crippen LogP contribution in [0.25, 0.3) is 11.0 Å². The first kappa shape index (κ1) is 16.9. The smallest absolute Gasteiger partial charge is 0.300 e. The summed E-state index contributed by atoms with van der Waals surface area (Å²) in [5.74, 6) is -0.819. The quantitative estimate of drug-likeness (QED) is 0.851. The fourth-order valence-corrected chi connectivity index (χ4v) is 3.85. The molecule has 1 fully saturated rings. The molecule has 0 aliphatic carbocycles. The predicted octanol–water partition coefficient (Wildman–Crippen LogP) is 1.82. The van der Waals surface area contributed by atoms with Gasteiger partial charge in [-0.2, -0.15) is 0 Å². The lowest BCUT2D eigenvalue weighted by atomic mass is 10.1. The van der Waals surface area contributed by atoms with Crippen molar-refractivity contribution in [3.05, 3.63) is 35.6 Å². The number of fused-ring (bicyclic) bond motifs is 1. The molecule has 1 saturated heterocycles. The van der Waals surface area contributed by atoms with Crippen molar-refractivity contribution >= 4 is 26.9 Å². The number of carbonyl (C=O) groups is 1. The Morgan fingerprint density at radius 3 is 2.88 bits per heavy atom. The Hall–Kier alpha value is -1.90. The number of rotatable bonds is 6. The van der Waals surface area contributed by atoms with Gasteiger partial charge in [0.25, 0.3) is 0 Å². The number of amides is 1. The van der Waals surface area contributed by atoms with Crippen LogP contribution in [-0.2, 0) is 26.1 Å². The molecule has 2 heterocycles. The predicted molar refractivity (Wildman–Crippen MR) is 87.2 cm³/mol. The van der Waals surface area contributed by atoms with Gasteiger partial charge in [0.1, 0.15) is 10.8 Å². The van der Waals surface area contributed by atoms with Crippen LogP contribution in [0.4, 0.5) is 0 Å². The summed E-state index contributed by atoms with van der Waals surface area (Å²) in [6, 6.07) is 7.14. The number of furan rings is 1. The van der Waals surface area contributed by atoms with Gasteiger partial charge in [0.15, 0.2) is 5.76 Å². The van der Waals surface area contributed by atoms with Crippen molar-refractivity contribution in [2.45, 2.75) is 25.2 Å². The molecule has 2 aromatic rings. The molecule has 0 unspecified atom stereocenters. The third-order valence-electron chi connectivity index (χ3n) is 3.92. The van der Waals surface area contributed by atoms with Crippen molar-refractivity contribution in [2.75, 3.05) is 19.8 Å². The van der Waals surface area contributed by atoms with Crippen LogP contribution in [0.5, 0.6) is 0 Å². The second kappa shape index (κ2) is 6.92. The van der Waals surface area contributed by atoms with E-state index in [-0.39, 0.29) is 19.0 Å². The van der Waals surface area contributed by atoms with Gasteiger partial charge in [-0.15, -0.1) is 0 Å². The SMILES string of the molecule is CCOCc1c(C(=O)NS(=O)(=O)[C@@H]2CCOC2)oc2ccccc12. The second-order valence-electron chi connectivity index (χ2n) is 5.50. The molecular weight excluding hydrogens is 334 g/mol. The van der Waals surface area contributed by atoms with Crippen LogP contribution in [-0.4, -0.2) is 39.4 Å². The minimum Gasteiger partial charge on any atom is -0.450 e. The number of hydrogen-bond donors (Lipinski definition) is 1. The summed E-state index contributed by atoms with van der Waals surface area (Å²) in [5.41, 5.74) is 1.06. The van der Waals surface area contributed by atoms with Crippen molar-refractivity contribution in [3.8, 4) is 0 Å². The fraction of sp³-hybridized carbons (Fsp3) is 0.438. The van der Waals surface area contributed by atoms with Gasteiger partial charge in [-0.05, 0) is 19.4 Å². The average Bonchev–Trinajstić information content (AvgIpc) is 3.21. The van der Waals surface area contributed by atoms with Crippen molar-refractivity contribution in [1.29, 1.82) is 0 Å². The van der Waals surface area contributed by atoms with E-state index in [1.807, 2.05) is 19.1 Å². The van der Waals surface area contributed by atoms with Crippen molar-refractivity contribution in [3.63, 3.8) is 0 Å². The Kier molecular flexibility index (Phi) is 4.88. The highest BCUT2D eigenvalue weighted by atomic mass is 32.2. The minimum atomic E-state index is -3.81. The largest absolute Gasteiger partial charge is 0.450 e. The van der Waals surface area contributed by atoms with E-state index in [9.17, 15) is 13.2 Å². The molecule has 0 radical (unpaired) electrons. The molecule has 0 bridgehead atoms. The van der Waals surface area contributed by atoms with Crippen molar-refractivity contribution in [2.24, 2.45) is 0 Å². The molecule has 1 aliphatic heterocycles. The molecule has 1 aromatic heterocycles. The zero-order chi connectivity index (χ0) is 17.2. The summed E-state index contributed by atoms with van der Waals surface area (Å²) < 4.78 is 42.7. The molecule has 1 amide bonds. The maximum Gasteiger partial charge on any atom is 0.300 e. The molecule has 0 saturated carbocycles. The van der Waals surface area contributed by atoms with E-state index >= 15 is 0 Å². The highest BCUT2D eigenvalue weighted by molar-refractivity contribution is 7.90. The number of ether oxygens (including phenoxy) is 2. The average molecular weight is 353 g/mol. The monoisotopic (exact) mass is 353 g/mol. The van der Waals surface area contributed by atoms with E-state index in [0.29, 0.717) is 30.8 Å². The first-order valence-electron chi connectivity index (χ1n) is 7.74. The second-order valence-corrected chi connectivity index (χ2v) is 7.47. The van der Waals surface area contributed by atoms with E-state index in [1.54, 1.807) is 12.1 Å². The van der Waals surface area contributed by atoms with Crippen molar-refractivity contribution < 1.29 is 27.1 Å². The number of carbonyl (C=O) groups excluding carboxylic acids is 1. The van der Waals surface area contributed by atoms with E-state index in [1.165, 1.54) is 0 Å². The summed E-state index contributed by atoms with van der Waals surface area (Å²) in [6.07, 6.45) is 0.370. The summed E-state index contributed by atoms with van der Waals surface area (Å²) >= 11 is 0. The minimum absolute atomic E-state index is 0.0351. The van der Waals surface area contributed by atoms with Crippen molar-refractivity contribution in [1.82, 2.24) is 4.72 Å².